The fourth-order valence-electron chi connectivity index (χ4n) is 3.55. The van der Waals surface area contributed by atoms with Gasteiger partial charge in [0.2, 0.25) is 5.91 Å². The van der Waals surface area contributed by atoms with Crippen LogP contribution in [0, 0.1) is 0 Å². The van der Waals surface area contributed by atoms with E-state index < -0.39 is 0 Å². The Morgan fingerprint density at radius 2 is 1.76 bits per heavy atom. The zero-order valence-corrected chi connectivity index (χ0v) is 16.4. The van der Waals surface area contributed by atoms with Gasteiger partial charge < -0.3 is 14.9 Å². The Labute approximate surface area is 173 Å². The van der Waals surface area contributed by atoms with Gasteiger partial charge in [-0.25, -0.2) is 0 Å². The molecule has 0 aliphatic rings. The number of hydrogen-bond acceptors (Lipinski definition) is 2. The topological polar surface area (TPSA) is 66.9 Å². The number of aromatic nitrogens is 2. The van der Waals surface area contributed by atoms with Crippen molar-refractivity contribution in [1.29, 1.82) is 0 Å². The predicted octanol–water partition coefficient (Wildman–Crippen LogP) is 3.93. The van der Waals surface area contributed by atoms with Crippen LogP contribution in [0.1, 0.15) is 17.0 Å². The number of nitrogens with one attached hydrogen (secondary N) is 2. The summed E-state index contributed by atoms with van der Waals surface area (Å²) in [5, 5.41) is 4.70. The Balaban J connectivity index is 1.61. The molecule has 0 bridgehead atoms. The fraction of sp³-hybridized carbons (Fsp3) is 0.130. The molecule has 2 heterocycles. The molecule has 0 aliphatic carbocycles. The zero-order valence-electron chi connectivity index (χ0n) is 15.6. The third-order valence-corrected chi connectivity index (χ3v) is 5.34. The highest BCUT2D eigenvalue weighted by molar-refractivity contribution is 6.31. The van der Waals surface area contributed by atoms with Crippen molar-refractivity contribution in [3.05, 3.63) is 106 Å². The zero-order chi connectivity index (χ0) is 20.2. The van der Waals surface area contributed by atoms with E-state index in [1.165, 1.54) is 10.6 Å². The second-order valence-corrected chi connectivity index (χ2v) is 7.24. The lowest BCUT2D eigenvalue weighted by Gasteiger charge is -2.19. The van der Waals surface area contributed by atoms with Crippen LogP contribution in [0.5, 0.6) is 0 Å². The van der Waals surface area contributed by atoms with E-state index in [4.69, 9.17) is 11.6 Å². The summed E-state index contributed by atoms with van der Waals surface area (Å²) in [6, 6.07) is 20.5. The van der Waals surface area contributed by atoms with E-state index in [0.717, 1.165) is 22.0 Å². The molecule has 4 rings (SSSR count). The second kappa shape index (κ2) is 8.37. The monoisotopic (exact) mass is 405 g/mol. The highest BCUT2D eigenvalue weighted by Crippen LogP contribution is 2.34. The second-order valence-electron chi connectivity index (χ2n) is 6.83. The maximum Gasteiger partial charge on any atom is 0.250 e. The molecule has 2 aromatic carbocycles. The number of rotatable bonds is 6. The van der Waals surface area contributed by atoms with Gasteiger partial charge in [0.05, 0.1) is 0 Å². The maximum atomic E-state index is 12.5. The molecule has 5 nitrogen and oxygen atoms in total. The van der Waals surface area contributed by atoms with Gasteiger partial charge in [-0.05, 0) is 29.3 Å². The van der Waals surface area contributed by atoms with E-state index in [-0.39, 0.29) is 23.9 Å². The number of hydrogen-bond donors (Lipinski definition) is 2. The Bertz CT molecular complexity index is 1210. The van der Waals surface area contributed by atoms with Crippen LogP contribution < -0.4 is 10.9 Å². The summed E-state index contributed by atoms with van der Waals surface area (Å²) in [6.45, 7) is 0.342. The van der Waals surface area contributed by atoms with Gasteiger partial charge >= 0.3 is 0 Å². The lowest BCUT2D eigenvalue weighted by molar-refractivity contribution is -0.121. The van der Waals surface area contributed by atoms with Crippen LogP contribution in [0.4, 0.5) is 0 Å². The van der Waals surface area contributed by atoms with E-state index in [9.17, 15) is 9.59 Å². The molecule has 29 heavy (non-hydrogen) atoms. The van der Waals surface area contributed by atoms with Gasteiger partial charge in [-0.1, -0.05) is 54.1 Å². The number of aromatic amines is 1. The number of para-hydroxylation sites is 1. The first-order valence-electron chi connectivity index (χ1n) is 9.36. The minimum atomic E-state index is -0.227. The third-order valence-electron chi connectivity index (χ3n) is 4.99. The molecule has 1 amide bonds. The summed E-state index contributed by atoms with van der Waals surface area (Å²) >= 11 is 6.48. The normalized spacial score (nSPS) is 12.0. The van der Waals surface area contributed by atoms with Crippen LogP contribution in [-0.4, -0.2) is 22.0 Å². The Kier molecular flexibility index (Phi) is 5.49. The van der Waals surface area contributed by atoms with Gasteiger partial charge in [0.25, 0.3) is 5.56 Å². The van der Waals surface area contributed by atoms with Crippen molar-refractivity contribution >= 4 is 28.4 Å². The molecule has 0 aliphatic heterocycles. The highest BCUT2D eigenvalue weighted by Gasteiger charge is 2.21. The number of fused-ring (bicyclic) bond motifs is 1. The average molecular weight is 406 g/mol. The lowest BCUT2D eigenvalue weighted by Crippen LogP contribution is -2.34. The largest absolute Gasteiger partial charge is 0.361 e. The number of carbonyl (C=O) groups is 1. The molecule has 146 valence electrons. The molecule has 0 radical (unpaired) electrons. The molecule has 0 fully saturated rings. The van der Waals surface area contributed by atoms with Crippen LogP contribution in [0.25, 0.3) is 10.9 Å². The van der Waals surface area contributed by atoms with Gasteiger partial charge in [0, 0.05) is 46.8 Å². The van der Waals surface area contributed by atoms with E-state index >= 15 is 0 Å². The maximum absolute atomic E-state index is 12.5. The molecule has 6 heteroatoms. The smallest absolute Gasteiger partial charge is 0.250 e. The van der Waals surface area contributed by atoms with Gasteiger partial charge in [0.15, 0.2) is 0 Å². The molecule has 0 unspecified atom stereocenters. The van der Waals surface area contributed by atoms with Crippen LogP contribution in [0.2, 0.25) is 5.02 Å². The number of halogens is 1. The number of benzene rings is 2. The van der Waals surface area contributed by atoms with Gasteiger partial charge in [-0.15, -0.1) is 0 Å². The van der Waals surface area contributed by atoms with E-state index in [1.807, 2.05) is 48.7 Å². The molecular formula is C23H20ClN3O2. The van der Waals surface area contributed by atoms with Crippen molar-refractivity contribution in [1.82, 2.24) is 14.9 Å². The van der Waals surface area contributed by atoms with Crippen molar-refractivity contribution < 1.29 is 4.79 Å². The number of pyridine rings is 1. The number of H-pyrrole nitrogens is 1. The predicted molar refractivity (Wildman–Crippen MR) is 115 cm³/mol. The van der Waals surface area contributed by atoms with Crippen molar-refractivity contribution in [3.8, 4) is 0 Å². The Morgan fingerprint density at radius 3 is 2.59 bits per heavy atom. The molecule has 2 aromatic heterocycles. The summed E-state index contributed by atoms with van der Waals surface area (Å²) < 4.78 is 1.38. The van der Waals surface area contributed by atoms with E-state index in [1.54, 1.807) is 18.3 Å². The minimum Gasteiger partial charge on any atom is -0.361 e. The molecule has 2 N–H and O–H groups in total. The highest BCUT2D eigenvalue weighted by atomic mass is 35.5. The Morgan fingerprint density at radius 1 is 1.00 bits per heavy atom. The third kappa shape index (κ3) is 4.10. The fourth-order valence-corrected chi connectivity index (χ4v) is 3.81. The van der Waals surface area contributed by atoms with Crippen molar-refractivity contribution in [2.24, 2.45) is 0 Å². The first kappa shape index (κ1) is 19.0. The standard InChI is InChI=1S/C23H20ClN3O2/c24-20-9-3-1-7-16(20)18(19-13-25-21-10-4-2-8-17(19)21)14-26-22(28)15-27-12-6-5-11-23(27)29/h1-13,18,25H,14-15H2,(H,26,28)/t18-/m1/s1. The van der Waals surface area contributed by atoms with Crippen molar-refractivity contribution in [3.63, 3.8) is 0 Å². The summed E-state index contributed by atoms with van der Waals surface area (Å²) in [5.74, 6) is -0.355. The van der Waals surface area contributed by atoms with Gasteiger partial charge in [0.1, 0.15) is 6.54 Å². The van der Waals surface area contributed by atoms with E-state index in [0.29, 0.717) is 11.6 Å². The summed E-state index contributed by atoms with van der Waals surface area (Å²) in [7, 11) is 0. The van der Waals surface area contributed by atoms with Crippen LogP contribution in [0.3, 0.4) is 0 Å². The molecule has 0 spiro atoms. The number of amides is 1. The summed E-state index contributed by atoms with van der Waals surface area (Å²) in [5.41, 5.74) is 2.82. The van der Waals surface area contributed by atoms with Crippen molar-refractivity contribution in [2.45, 2.75) is 12.5 Å². The SMILES string of the molecule is O=C(Cn1ccccc1=O)NC[C@H](c1ccccc1Cl)c1c[nH]c2ccccc12. The molecule has 1 atom stereocenters. The Hall–Kier alpha value is -3.31. The molecule has 4 aromatic rings. The van der Waals surface area contributed by atoms with Gasteiger partial charge in [-0.3, -0.25) is 9.59 Å². The minimum absolute atomic E-state index is 0.0250. The van der Waals surface area contributed by atoms with E-state index in [2.05, 4.69) is 16.4 Å². The number of nitrogens with zero attached hydrogens (tertiary/aromatic N) is 1. The van der Waals surface area contributed by atoms with Crippen LogP contribution in [-0.2, 0) is 11.3 Å². The summed E-state index contributed by atoms with van der Waals surface area (Å²) in [6.07, 6.45) is 3.57. The summed E-state index contributed by atoms with van der Waals surface area (Å²) in [4.78, 5) is 27.7. The average Bonchev–Trinajstić information content (AvgIpc) is 3.15. The number of carbonyl (C=O) groups excluding carboxylic acids is 1. The molecular weight excluding hydrogens is 386 g/mol. The van der Waals surface area contributed by atoms with Gasteiger partial charge in [-0.2, -0.15) is 0 Å². The van der Waals surface area contributed by atoms with Crippen LogP contribution >= 0.6 is 11.6 Å². The first-order chi connectivity index (χ1) is 14.1. The molecule has 0 saturated heterocycles. The lowest BCUT2D eigenvalue weighted by atomic mass is 9.90. The van der Waals surface area contributed by atoms with Crippen LogP contribution in [0.15, 0.2) is 83.9 Å². The van der Waals surface area contributed by atoms with Crippen molar-refractivity contribution in [2.75, 3.05) is 6.54 Å². The molecule has 0 saturated carbocycles. The first-order valence-corrected chi connectivity index (χ1v) is 9.74. The quantitative estimate of drug-likeness (QED) is 0.510.